The van der Waals surface area contributed by atoms with Crippen molar-refractivity contribution >= 4 is 28.9 Å². The van der Waals surface area contributed by atoms with Crippen molar-refractivity contribution < 1.29 is 30.9 Å². The molecule has 0 saturated carbocycles. The Bertz CT molecular complexity index is 179. The van der Waals surface area contributed by atoms with E-state index >= 15 is 0 Å². The van der Waals surface area contributed by atoms with Crippen molar-refractivity contribution in [2.24, 2.45) is 5.73 Å². The number of carboxylic acid groups (broad SMARTS) is 2. The van der Waals surface area contributed by atoms with Crippen LogP contribution in [0.15, 0.2) is 0 Å². The van der Waals surface area contributed by atoms with Crippen LogP contribution >= 0.6 is 11.8 Å². The number of thioether (sulfide) groups is 1. The van der Waals surface area contributed by atoms with Crippen LogP contribution in [0.2, 0.25) is 0 Å². The maximum absolute atomic E-state index is 8.89. The van der Waals surface area contributed by atoms with Crippen molar-refractivity contribution in [2.75, 3.05) is 12.3 Å². The van der Waals surface area contributed by atoms with Gasteiger partial charge in [0, 0.05) is 11.9 Å². The Morgan fingerprint density at radius 3 is 1.67 bits per heavy atom. The van der Waals surface area contributed by atoms with Gasteiger partial charge in [0.2, 0.25) is 0 Å². The molecule has 0 bridgehead atoms. The van der Waals surface area contributed by atoms with Crippen molar-refractivity contribution in [1.29, 1.82) is 0 Å². The van der Waals surface area contributed by atoms with E-state index in [0.29, 0.717) is 5.17 Å². The van der Waals surface area contributed by atoms with Crippen molar-refractivity contribution in [1.82, 2.24) is 0 Å². The van der Waals surface area contributed by atoms with Gasteiger partial charge >= 0.3 is 0 Å². The normalized spacial score (nSPS) is 7.40. The second-order valence-corrected chi connectivity index (χ2v) is 3.26. The molecule has 0 aromatic rings. The zero-order chi connectivity index (χ0) is 12.9. The predicted molar refractivity (Wildman–Crippen MR) is 52.7 cm³/mol. The molecule has 0 spiro atoms. The summed E-state index contributed by atoms with van der Waals surface area (Å²) in [5, 5.41) is 23.3. The van der Waals surface area contributed by atoms with Gasteiger partial charge in [0.25, 0.3) is 5.17 Å². The number of hydrogen-bond acceptors (Lipinski definition) is 5. The molecule has 0 heterocycles. The maximum Gasteiger partial charge on any atom is 0.299 e. The molecule has 15 heavy (non-hydrogen) atoms. The number of aliphatic carboxylic acids is 2. The number of quaternary nitrogens is 1. The summed E-state index contributed by atoms with van der Waals surface area (Å²) in [5.74, 6) is -1.25. The van der Waals surface area contributed by atoms with Gasteiger partial charge in [0.05, 0.1) is 12.3 Å². The monoisotopic (exact) mass is 239 g/mol. The first-order chi connectivity index (χ1) is 6.73. The third-order valence-electron chi connectivity index (χ3n) is 0.413. The highest BCUT2D eigenvalue weighted by Crippen LogP contribution is 1.89. The molecule has 90 valence electrons. The Balaban J connectivity index is -0.000000155. The van der Waals surface area contributed by atoms with Crippen molar-refractivity contribution in [3.05, 3.63) is 0 Å². The molecule has 0 amide bonds. The molecule has 7 N–H and O–H groups in total. The highest BCUT2D eigenvalue weighted by atomic mass is 32.2. The van der Waals surface area contributed by atoms with Gasteiger partial charge in [0.1, 0.15) is 0 Å². The largest absolute Gasteiger partial charge is 0.550 e. The van der Waals surface area contributed by atoms with Gasteiger partial charge in [-0.15, -0.1) is 0 Å². The lowest BCUT2D eigenvalue weighted by atomic mass is 10.8. The topological polar surface area (TPSA) is 160 Å². The molecule has 0 rings (SSSR count). The Morgan fingerprint density at radius 2 is 1.60 bits per heavy atom. The van der Waals surface area contributed by atoms with Crippen LogP contribution in [-0.4, -0.2) is 29.4 Å². The fourth-order valence-corrected chi connectivity index (χ4v) is 0.570. The van der Waals surface area contributed by atoms with Crippen LogP contribution in [0.3, 0.4) is 0 Å². The van der Waals surface area contributed by atoms with E-state index in [9.17, 15) is 0 Å². The minimum absolute atomic E-state index is 0.434. The van der Waals surface area contributed by atoms with E-state index in [4.69, 9.17) is 30.9 Å². The Kier molecular flexibility index (Phi) is 19.6. The number of amidine groups is 1. The summed E-state index contributed by atoms with van der Waals surface area (Å²) < 4.78 is 0. The van der Waals surface area contributed by atoms with Gasteiger partial charge in [-0.1, -0.05) is 0 Å². The van der Waals surface area contributed by atoms with E-state index in [0.717, 1.165) is 26.1 Å². The number of carbonyl (C=O) groups is 2. The molecule has 0 atom stereocenters. The first-order valence-electron chi connectivity index (χ1n) is 3.89. The van der Waals surface area contributed by atoms with E-state index in [1.54, 1.807) is 0 Å². The Morgan fingerprint density at radius 1 is 1.33 bits per heavy atom. The van der Waals surface area contributed by atoms with Crippen LogP contribution in [0.5, 0.6) is 0 Å². The molecule has 0 radical (unpaired) electrons. The third-order valence-corrected chi connectivity index (χ3v) is 1.24. The second kappa shape index (κ2) is 15.2. The minimum Gasteiger partial charge on any atom is -0.550 e. The number of carboxylic acids is 2. The van der Waals surface area contributed by atoms with Gasteiger partial charge in [-0.2, -0.15) is 0 Å². The zero-order valence-corrected chi connectivity index (χ0v) is 9.63. The summed E-state index contributed by atoms with van der Waals surface area (Å²) in [5.41, 5.74) is 8.72. The average molecular weight is 239 g/mol. The van der Waals surface area contributed by atoms with Crippen LogP contribution in [-0.2, 0) is 9.59 Å². The number of nitrogens with two attached hydrogens (primary N) is 2. The average Bonchev–Trinajstić information content (AvgIpc) is 1.98. The molecule has 0 aliphatic carbocycles. The fourth-order valence-electron chi connectivity index (χ4n) is 0.190. The van der Waals surface area contributed by atoms with Gasteiger partial charge < -0.3 is 25.5 Å². The number of hydrogen-bond donors (Lipinski definition) is 3. The van der Waals surface area contributed by atoms with Crippen molar-refractivity contribution in [3.63, 3.8) is 0 Å². The molecule has 0 aromatic heterocycles. The molecule has 0 aliphatic heterocycles. The molecule has 0 aromatic carbocycles. The van der Waals surface area contributed by atoms with Gasteiger partial charge in [-0.3, -0.25) is 11.1 Å². The Labute approximate surface area is 92.3 Å². The van der Waals surface area contributed by atoms with Crippen molar-refractivity contribution in [2.45, 2.75) is 13.8 Å². The van der Waals surface area contributed by atoms with Gasteiger partial charge in [-0.05, 0) is 25.6 Å². The van der Waals surface area contributed by atoms with Gasteiger partial charge in [0.15, 0.2) is 0 Å². The number of rotatable bonds is 2. The molecule has 7 nitrogen and oxygen atoms in total. The van der Waals surface area contributed by atoms with Crippen LogP contribution in [0.4, 0.5) is 0 Å². The van der Waals surface area contributed by atoms with Crippen molar-refractivity contribution in [3.8, 4) is 0 Å². The molecule has 0 saturated heterocycles. The summed E-state index contributed by atoms with van der Waals surface area (Å²) in [7, 11) is 0. The SMILES string of the molecule is CC(=O)[O-].CC(=O)[O-].NC(=[NH2+])SCC[NH3+]. The first kappa shape index (κ1) is 19.3. The zero-order valence-electron chi connectivity index (χ0n) is 8.82. The molecule has 0 aliphatic rings. The molecule has 0 unspecified atom stereocenters. The lowest BCUT2D eigenvalue weighted by Gasteiger charge is -1.83. The lowest BCUT2D eigenvalue weighted by molar-refractivity contribution is -0.360. The maximum atomic E-state index is 8.89. The quantitative estimate of drug-likeness (QED) is 0.322. The fraction of sp³-hybridized carbons (Fsp3) is 0.571. The summed E-state index contributed by atoms with van der Waals surface area (Å²) >= 11 is 1.44. The van der Waals surface area contributed by atoms with E-state index in [2.05, 4.69) is 5.73 Å². The summed E-state index contributed by atoms with van der Waals surface area (Å²) in [6.07, 6.45) is 0. The molecule has 0 fully saturated rings. The standard InChI is InChI=1S/C3H9N3S.2C2H4O2/c4-1-2-7-3(5)6;2*1-2(3)4/h1-2,4H2,(H3,5,6);2*1H3,(H,3,4). The highest BCUT2D eigenvalue weighted by molar-refractivity contribution is 8.13. The Hall–Kier alpha value is -1.28. The van der Waals surface area contributed by atoms with E-state index in [-0.39, 0.29) is 0 Å². The van der Waals surface area contributed by atoms with E-state index in [1.165, 1.54) is 11.8 Å². The van der Waals surface area contributed by atoms with Crippen LogP contribution in [0.1, 0.15) is 13.8 Å². The summed E-state index contributed by atoms with van der Waals surface area (Å²) in [6.45, 7) is 2.82. The minimum atomic E-state index is -1.08. The van der Waals surface area contributed by atoms with E-state index in [1.807, 2.05) is 0 Å². The predicted octanol–water partition coefficient (Wildman–Crippen LogP) is -5.45. The van der Waals surface area contributed by atoms with Crippen LogP contribution in [0.25, 0.3) is 0 Å². The third kappa shape index (κ3) is 198. The van der Waals surface area contributed by atoms with Crippen LogP contribution < -0.4 is 27.1 Å². The molecular weight excluding hydrogens is 222 g/mol. The molecule has 8 heteroatoms. The van der Waals surface area contributed by atoms with E-state index < -0.39 is 11.9 Å². The first-order valence-corrected chi connectivity index (χ1v) is 4.87. The highest BCUT2D eigenvalue weighted by Gasteiger charge is 1.92. The summed E-state index contributed by atoms with van der Waals surface area (Å²) in [4.78, 5) is 17.8. The van der Waals surface area contributed by atoms with Gasteiger partial charge in [-0.25, -0.2) is 0 Å². The second-order valence-electron chi connectivity index (χ2n) is 2.09. The smallest absolute Gasteiger partial charge is 0.299 e. The number of carbonyl (C=O) groups excluding carboxylic acids is 2. The molecular formula is C7H17N3O4S. The summed E-state index contributed by atoms with van der Waals surface area (Å²) in [6, 6.07) is 0. The van der Waals surface area contributed by atoms with Crippen LogP contribution in [0, 0.1) is 0 Å². The lowest BCUT2D eigenvalue weighted by Crippen LogP contribution is -2.52.